The molecule has 1 amide bonds. The maximum atomic E-state index is 13.1. The van der Waals surface area contributed by atoms with Gasteiger partial charge >= 0.3 is 0 Å². The number of carbonyl (C=O) groups is 1. The number of pyridine rings is 1. The van der Waals surface area contributed by atoms with Gasteiger partial charge in [-0.3, -0.25) is 9.78 Å². The molecule has 0 fully saturated rings. The van der Waals surface area contributed by atoms with Gasteiger partial charge in [-0.2, -0.15) is 0 Å². The van der Waals surface area contributed by atoms with Crippen molar-refractivity contribution in [3.63, 3.8) is 0 Å². The van der Waals surface area contributed by atoms with Gasteiger partial charge in [0, 0.05) is 22.4 Å². The second-order valence-corrected chi connectivity index (χ2v) is 6.28. The summed E-state index contributed by atoms with van der Waals surface area (Å²) in [6.45, 7) is 0.528. The molecule has 0 radical (unpaired) electrons. The standard InChI is InChI=1S/C19H13BrN2O/c20-17-7-3-1-6-16(17)19(23)22-12-13-11-21-10-9-14(13)15-5-2-4-8-18(15)22/h1-11H,12H2. The second kappa shape index (κ2) is 5.63. The van der Waals surface area contributed by atoms with Gasteiger partial charge in [0.1, 0.15) is 0 Å². The highest BCUT2D eigenvalue weighted by Gasteiger charge is 2.27. The zero-order valence-corrected chi connectivity index (χ0v) is 13.8. The van der Waals surface area contributed by atoms with Crippen molar-refractivity contribution in [2.45, 2.75) is 6.54 Å². The molecule has 0 aliphatic carbocycles. The Labute approximate surface area is 142 Å². The molecule has 112 valence electrons. The highest BCUT2D eigenvalue weighted by molar-refractivity contribution is 9.10. The van der Waals surface area contributed by atoms with Crippen LogP contribution in [0.4, 0.5) is 5.69 Å². The topological polar surface area (TPSA) is 33.2 Å². The minimum Gasteiger partial charge on any atom is -0.303 e. The van der Waals surface area contributed by atoms with E-state index in [1.807, 2.05) is 65.7 Å². The Morgan fingerprint density at radius 2 is 1.78 bits per heavy atom. The van der Waals surface area contributed by atoms with E-state index in [4.69, 9.17) is 0 Å². The highest BCUT2D eigenvalue weighted by Crippen LogP contribution is 2.39. The fraction of sp³-hybridized carbons (Fsp3) is 0.0526. The molecule has 4 rings (SSSR count). The molecule has 23 heavy (non-hydrogen) atoms. The van der Waals surface area contributed by atoms with Crippen LogP contribution in [0.5, 0.6) is 0 Å². The number of nitrogens with zero attached hydrogens (tertiary/aromatic N) is 2. The SMILES string of the molecule is O=C(c1ccccc1Br)N1Cc2cnccc2-c2ccccc21. The number of para-hydroxylation sites is 1. The maximum Gasteiger partial charge on any atom is 0.259 e. The van der Waals surface area contributed by atoms with Crippen LogP contribution in [-0.4, -0.2) is 10.9 Å². The third kappa shape index (κ3) is 2.35. The number of aromatic nitrogens is 1. The van der Waals surface area contributed by atoms with E-state index in [-0.39, 0.29) is 5.91 Å². The highest BCUT2D eigenvalue weighted by atomic mass is 79.9. The lowest BCUT2D eigenvalue weighted by molar-refractivity contribution is 0.0984. The average molecular weight is 365 g/mol. The molecule has 1 aliphatic heterocycles. The van der Waals surface area contributed by atoms with Gasteiger partial charge in [-0.05, 0) is 51.3 Å². The van der Waals surface area contributed by atoms with Gasteiger partial charge in [0.05, 0.1) is 17.8 Å². The van der Waals surface area contributed by atoms with Crippen molar-refractivity contribution < 1.29 is 4.79 Å². The molecule has 2 aromatic carbocycles. The van der Waals surface area contributed by atoms with E-state index < -0.39 is 0 Å². The van der Waals surface area contributed by atoms with Gasteiger partial charge in [-0.25, -0.2) is 0 Å². The van der Waals surface area contributed by atoms with Gasteiger partial charge in [-0.15, -0.1) is 0 Å². The molecule has 0 unspecified atom stereocenters. The third-order valence-corrected chi connectivity index (χ3v) is 4.76. The van der Waals surface area contributed by atoms with Crippen LogP contribution in [0.2, 0.25) is 0 Å². The van der Waals surface area contributed by atoms with Crippen LogP contribution >= 0.6 is 15.9 Å². The van der Waals surface area contributed by atoms with Crippen LogP contribution in [0.25, 0.3) is 11.1 Å². The first kappa shape index (κ1) is 14.2. The van der Waals surface area contributed by atoms with Crippen molar-refractivity contribution in [2.75, 3.05) is 4.90 Å². The molecular formula is C19H13BrN2O. The fourth-order valence-electron chi connectivity index (χ4n) is 2.97. The molecule has 0 bridgehead atoms. The quantitative estimate of drug-likeness (QED) is 0.628. The van der Waals surface area contributed by atoms with Gasteiger partial charge in [-0.1, -0.05) is 30.3 Å². The molecule has 0 saturated heterocycles. The number of hydrogen-bond donors (Lipinski definition) is 0. The predicted octanol–water partition coefficient (Wildman–Crippen LogP) is 4.67. The first-order valence-electron chi connectivity index (χ1n) is 7.34. The average Bonchev–Trinajstić information content (AvgIpc) is 2.61. The number of amides is 1. The zero-order valence-electron chi connectivity index (χ0n) is 12.2. The molecule has 3 nitrogen and oxygen atoms in total. The number of carbonyl (C=O) groups excluding carboxylic acids is 1. The summed E-state index contributed by atoms with van der Waals surface area (Å²) in [6, 6.07) is 17.5. The largest absolute Gasteiger partial charge is 0.303 e. The Balaban J connectivity index is 1.86. The Hall–Kier alpha value is -2.46. The van der Waals surface area contributed by atoms with E-state index >= 15 is 0 Å². The van der Waals surface area contributed by atoms with Crippen molar-refractivity contribution in [3.8, 4) is 11.1 Å². The monoisotopic (exact) mass is 364 g/mol. The van der Waals surface area contributed by atoms with E-state index in [1.54, 1.807) is 6.20 Å². The summed E-state index contributed by atoms with van der Waals surface area (Å²) in [7, 11) is 0. The number of hydrogen-bond acceptors (Lipinski definition) is 2. The van der Waals surface area contributed by atoms with Crippen molar-refractivity contribution in [1.29, 1.82) is 0 Å². The Morgan fingerprint density at radius 1 is 1.00 bits per heavy atom. The molecule has 1 aliphatic rings. The maximum absolute atomic E-state index is 13.1. The lowest BCUT2D eigenvalue weighted by atomic mass is 9.94. The van der Waals surface area contributed by atoms with Gasteiger partial charge < -0.3 is 4.90 Å². The summed E-state index contributed by atoms with van der Waals surface area (Å²) < 4.78 is 0.805. The van der Waals surface area contributed by atoms with Crippen molar-refractivity contribution >= 4 is 27.5 Å². The van der Waals surface area contributed by atoms with Gasteiger partial charge in [0.2, 0.25) is 0 Å². The molecule has 1 aromatic heterocycles. The summed E-state index contributed by atoms with van der Waals surface area (Å²) in [4.78, 5) is 19.1. The summed E-state index contributed by atoms with van der Waals surface area (Å²) in [6.07, 6.45) is 3.63. The Morgan fingerprint density at radius 3 is 2.65 bits per heavy atom. The number of benzene rings is 2. The van der Waals surface area contributed by atoms with E-state index in [9.17, 15) is 4.79 Å². The molecule has 2 heterocycles. The lowest BCUT2D eigenvalue weighted by Crippen LogP contribution is -2.33. The van der Waals surface area contributed by atoms with E-state index in [0.717, 1.165) is 26.9 Å². The van der Waals surface area contributed by atoms with Crippen LogP contribution in [-0.2, 0) is 6.54 Å². The predicted molar refractivity (Wildman–Crippen MR) is 94.3 cm³/mol. The lowest BCUT2D eigenvalue weighted by Gasteiger charge is -2.31. The molecule has 0 spiro atoms. The number of anilines is 1. The summed E-state index contributed by atoms with van der Waals surface area (Å²) in [5.74, 6) is -0.0144. The Bertz CT molecular complexity index is 907. The summed E-state index contributed by atoms with van der Waals surface area (Å²) >= 11 is 3.48. The Kier molecular flexibility index (Phi) is 3.46. The van der Waals surface area contributed by atoms with Crippen LogP contribution in [0.3, 0.4) is 0 Å². The first-order valence-corrected chi connectivity index (χ1v) is 8.13. The minimum atomic E-state index is -0.0144. The minimum absolute atomic E-state index is 0.0144. The van der Waals surface area contributed by atoms with Gasteiger partial charge in [0.15, 0.2) is 0 Å². The number of rotatable bonds is 1. The third-order valence-electron chi connectivity index (χ3n) is 4.07. The zero-order chi connectivity index (χ0) is 15.8. The smallest absolute Gasteiger partial charge is 0.259 e. The molecule has 0 atom stereocenters. The molecule has 4 heteroatoms. The number of halogens is 1. The first-order chi connectivity index (χ1) is 11.3. The van der Waals surface area contributed by atoms with E-state index in [1.165, 1.54) is 0 Å². The summed E-state index contributed by atoms with van der Waals surface area (Å²) in [5, 5.41) is 0. The van der Waals surface area contributed by atoms with E-state index in [0.29, 0.717) is 12.1 Å². The van der Waals surface area contributed by atoms with Crippen molar-refractivity contribution in [3.05, 3.63) is 82.6 Å². The summed E-state index contributed by atoms with van der Waals surface area (Å²) in [5.41, 5.74) is 4.87. The fourth-order valence-corrected chi connectivity index (χ4v) is 3.42. The molecule has 0 N–H and O–H groups in total. The van der Waals surface area contributed by atoms with Crippen LogP contribution < -0.4 is 4.90 Å². The van der Waals surface area contributed by atoms with Crippen molar-refractivity contribution in [1.82, 2.24) is 4.98 Å². The normalized spacial score (nSPS) is 12.5. The van der Waals surface area contributed by atoms with Crippen molar-refractivity contribution in [2.24, 2.45) is 0 Å². The van der Waals surface area contributed by atoms with Crippen LogP contribution in [0, 0.1) is 0 Å². The number of fused-ring (bicyclic) bond motifs is 3. The second-order valence-electron chi connectivity index (χ2n) is 5.42. The molecule has 0 saturated carbocycles. The van der Waals surface area contributed by atoms with Gasteiger partial charge in [0.25, 0.3) is 5.91 Å². The van der Waals surface area contributed by atoms with E-state index in [2.05, 4.69) is 20.9 Å². The van der Waals surface area contributed by atoms with Crippen LogP contribution in [0.1, 0.15) is 15.9 Å². The molecule has 3 aromatic rings. The molecular weight excluding hydrogens is 352 g/mol. The van der Waals surface area contributed by atoms with Crippen LogP contribution in [0.15, 0.2) is 71.5 Å².